The lowest BCUT2D eigenvalue weighted by Crippen LogP contribution is -2.43. The first-order valence-electron chi connectivity index (χ1n) is 6.59. The van der Waals surface area contributed by atoms with Crippen LogP contribution in [0, 0.1) is 0 Å². The van der Waals surface area contributed by atoms with E-state index < -0.39 is 0 Å². The first-order valence-corrected chi connectivity index (χ1v) is 7.57. The number of hydrogen-bond acceptors (Lipinski definition) is 4. The number of thioether (sulfide) groups is 1. The monoisotopic (exact) mass is 273 g/mol. The number of hydrogen-bond donors (Lipinski definition) is 1. The SMILES string of the molecule is CC1(C)CN(c2ccc3cc(N)ccc3n2)CCS1. The molecule has 2 heterocycles. The third kappa shape index (κ3) is 2.63. The molecule has 4 heteroatoms. The summed E-state index contributed by atoms with van der Waals surface area (Å²) in [5.74, 6) is 2.24. The summed E-state index contributed by atoms with van der Waals surface area (Å²) >= 11 is 2.04. The molecule has 0 radical (unpaired) electrons. The van der Waals surface area contributed by atoms with Gasteiger partial charge in [-0.05, 0) is 44.2 Å². The van der Waals surface area contributed by atoms with E-state index in [0.29, 0.717) is 4.75 Å². The minimum Gasteiger partial charge on any atom is -0.399 e. The molecular weight excluding hydrogens is 254 g/mol. The van der Waals surface area contributed by atoms with Gasteiger partial charge in [-0.2, -0.15) is 11.8 Å². The van der Waals surface area contributed by atoms with Crippen LogP contribution in [0.5, 0.6) is 0 Å². The van der Waals surface area contributed by atoms with E-state index >= 15 is 0 Å². The van der Waals surface area contributed by atoms with Crippen LogP contribution in [-0.2, 0) is 0 Å². The zero-order valence-electron chi connectivity index (χ0n) is 11.4. The molecule has 0 saturated carbocycles. The van der Waals surface area contributed by atoms with E-state index in [2.05, 4.69) is 30.9 Å². The average molecular weight is 273 g/mol. The fourth-order valence-corrected chi connectivity index (χ4v) is 3.63. The van der Waals surface area contributed by atoms with E-state index in [-0.39, 0.29) is 0 Å². The smallest absolute Gasteiger partial charge is 0.129 e. The minimum atomic E-state index is 0.302. The van der Waals surface area contributed by atoms with Crippen LogP contribution in [0.15, 0.2) is 30.3 Å². The summed E-state index contributed by atoms with van der Waals surface area (Å²) < 4.78 is 0.302. The van der Waals surface area contributed by atoms with E-state index in [1.54, 1.807) is 0 Å². The van der Waals surface area contributed by atoms with Gasteiger partial charge in [0.25, 0.3) is 0 Å². The Morgan fingerprint density at radius 2 is 2.11 bits per heavy atom. The zero-order valence-corrected chi connectivity index (χ0v) is 12.2. The molecule has 100 valence electrons. The van der Waals surface area contributed by atoms with Gasteiger partial charge >= 0.3 is 0 Å². The molecule has 1 fully saturated rings. The van der Waals surface area contributed by atoms with Crippen molar-refractivity contribution in [1.29, 1.82) is 0 Å². The Kier molecular flexibility index (Phi) is 3.05. The minimum absolute atomic E-state index is 0.302. The molecule has 1 aliphatic rings. The first-order chi connectivity index (χ1) is 9.03. The van der Waals surface area contributed by atoms with Crippen molar-refractivity contribution >= 4 is 34.2 Å². The number of nitrogen functional groups attached to an aromatic ring is 1. The van der Waals surface area contributed by atoms with Gasteiger partial charge in [-0.15, -0.1) is 0 Å². The third-order valence-electron chi connectivity index (χ3n) is 3.45. The van der Waals surface area contributed by atoms with Gasteiger partial charge in [-0.25, -0.2) is 4.98 Å². The molecule has 0 amide bonds. The number of nitrogens with two attached hydrogens (primary N) is 1. The van der Waals surface area contributed by atoms with E-state index in [0.717, 1.165) is 41.3 Å². The first kappa shape index (κ1) is 12.6. The van der Waals surface area contributed by atoms with E-state index in [9.17, 15) is 0 Å². The Hall–Kier alpha value is -1.42. The molecule has 3 rings (SSSR count). The number of rotatable bonds is 1. The Morgan fingerprint density at radius 3 is 2.89 bits per heavy atom. The van der Waals surface area contributed by atoms with Crippen molar-refractivity contribution in [2.45, 2.75) is 18.6 Å². The van der Waals surface area contributed by atoms with Gasteiger partial charge in [0.05, 0.1) is 5.52 Å². The predicted molar refractivity (Wildman–Crippen MR) is 84.9 cm³/mol. The summed E-state index contributed by atoms with van der Waals surface area (Å²) in [6.45, 7) is 6.71. The van der Waals surface area contributed by atoms with Crippen LogP contribution in [0.25, 0.3) is 10.9 Å². The van der Waals surface area contributed by atoms with Gasteiger partial charge in [0.2, 0.25) is 0 Å². The van der Waals surface area contributed by atoms with Crippen molar-refractivity contribution in [3.8, 4) is 0 Å². The van der Waals surface area contributed by atoms with Gasteiger partial charge in [-0.3, -0.25) is 0 Å². The Balaban J connectivity index is 1.95. The number of pyridine rings is 1. The normalized spacial score (nSPS) is 18.7. The molecule has 1 aliphatic heterocycles. The summed E-state index contributed by atoms with van der Waals surface area (Å²) in [6, 6.07) is 10.1. The lowest BCUT2D eigenvalue weighted by atomic mass is 10.1. The largest absolute Gasteiger partial charge is 0.399 e. The Morgan fingerprint density at radius 1 is 1.26 bits per heavy atom. The van der Waals surface area contributed by atoms with Gasteiger partial charge < -0.3 is 10.6 Å². The quantitative estimate of drug-likeness (QED) is 0.811. The molecule has 0 unspecified atom stereocenters. The molecule has 0 atom stereocenters. The number of aromatic nitrogens is 1. The number of benzene rings is 1. The molecule has 1 saturated heterocycles. The maximum absolute atomic E-state index is 5.80. The van der Waals surface area contributed by atoms with Gasteiger partial charge in [0.15, 0.2) is 0 Å². The number of nitrogens with zero attached hydrogens (tertiary/aromatic N) is 2. The Bertz CT molecular complexity index is 609. The topological polar surface area (TPSA) is 42.1 Å². The molecule has 2 aromatic rings. The van der Waals surface area contributed by atoms with Gasteiger partial charge in [0, 0.05) is 34.7 Å². The molecule has 1 aromatic carbocycles. The summed E-state index contributed by atoms with van der Waals surface area (Å²) in [7, 11) is 0. The fourth-order valence-electron chi connectivity index (χ4n) is 2.52. The molecule has 19 heavy (non-hydrogen) atoms. The van der Waals surface area contributed by atoms with Crippen LogP contribution >= 0.6 is 11.8 Å². The predicted octanol–water partition coefficient (Wildman–Crippen LogP) is 3.15. The highest BCUT2D eigenvalue weighted by molar-refractivity contribution is 8.00. The highest BCUT2D eigenvalue weighted by atomic mass is 32.2. The summed E-state index contributed by atoms with van der Waals surface area (Å²) in [6.07, 6.45) is 0. The second kappa shape index (κ2) is 4.60. The number of anilines is 2. The second-order valence-electron chi connectivity index (χ2n) is 5.65. The maximum atomic E-state index is 5.80. The van der Waals surface area contributed by atoms with Gasteiger partial charge in [0.1, 0.15) is 5.82 Å². The standard InChI is InChI=1S/C15H19N3S/c1-15(2)10-18(7-8-19-15)14-6-3-11-9-12(16)4-5-13(11)17-14/h3-6,9H,7-8,10,16H2,1-2H3. The molecule has 3 nitrogen and oxygen atoms in total. The lowest BCUT2D eigenvalue weighted by Gasteiger charge is -2.38. The van der Waals surface area contributed by atoms with Crippen LogP contribution in [0.4, 0.5) is 11.5 Å². The van der Waals surface area contributed by atoms with Crippen molar-refractivity contribution in [2.24, 2.45) is 0 Å². The molecule has 2 N–H and O–H groups in total. The molecule has 0 spiro atoms. The molecular formula is C15H19N3S. The Labute approximate surface area is 118 Å². The maximum Gasteiger partial charge on any atom is 0.129 e. The third-order valence-corrected chi connectivity index (χ3v) is 4.75. The summed E-state index contributed by atoms with van der Waals surface area (Å²) in [4.78, 5) is 7.15. The van der Waals surface area contributed by atoms with Crippen molar-refractivity contribution in [3.05, 3.63) is 30.3 Å². The average Bonchev–Trinajstić information content (AvgIpc) is 2.37. The second-order valence-corrected chi connectivity index (χ2v) is 7.45. The van der Waals surface area contributed by atoms with Crippen LogP contribution in [0.2, 0.25) is 0 Å². The van der Waals surface area contributed by atoms with E-state index in [4.69, 9.17) is 10.7 Å². The van der Waals surface area contributed by atoms with E-state index in [1.165, 1.54) is 0 Å². The van der Waals surface area contributed by atoms with Crippen molar-refractivity contribution < 1.29 is 0 Å². The van der Waals surface area contributed by atoms with Crippen molar-refractivity contribution in [1.82, 2.24) is 4.98 Å². The number of fused-ring (bicyclic) bond motifs is 1. The van der Waals surface area contributed by atoms with Gasteiger partial charge in [-0.1, -0.05) is 0 Å². The molecule has 1 aromatic heterocycles. The van der Waals surface area contributed by atoms with Crippen molar-refractivity contribution in [3.63, 3.8) is 0 Å². The van der Waals surface area contributed by atoms with E-state index in [1.807, 2.05) is 30.0 Å². The molecule has 0 bridgehead atoms. The van der Waals surface area contributed by atoms with Crippen LogP contribution < -0.4 is 10.6 Å². The van der Waals surface area contributed by atoms with Crippen molar-refractivity contribution in [2.75, 3.05) is 29.5 Å². The van der Waals surface area contributed by atoms with Crippen LogP contribution in [-0.4, -0.2) is 28.6 Å². The highest BCUT2D eigenvalue weighted by Crippen LogP contribution is 2.32. The molecule has 0 aliphatic carbocycles. The summed E-state index contributed by atoms with van der Waals surface area (Å²) in [5.41, 5.74) is 7.61. The fraction of sp³-hybridized carbons (Fsp3) is 0.400. The highest BCUT2D eigenvalue weighted by Gasteiger charge is 2.27. The summed E-state index contributed by atoms with van der Waals surface area (Å²) in [5, 5.41) is 1.11. The van der Waals surface area contributed by atoms with Crippen LogP contribution in [0.3, 0.4) is 0 Å². The zero-order chi connectivity index (χ0) is 13.5. The van der Waals surface area contributed by atoms with Crippen LogP contribution in [0.1, 0.15) is 13.8 Å². The lowest BCUT2D eigenvalue weighted by molar-refractivity contribution is 0.643.